The van der Waals surface area contributed by atoms with Crippen molar-refractivity contribution in [2.45, 2.75) is 52.5 Å². The van der Waals surface area contributed by atoms with Crippen LogP contribution in [-0.4, -0.2) is 44.7 Å². The highest BCUT2D eigenvalue weighted by Crippen LogP contribution is 2.26. The summed E-state index contributed by atoms with van der Waals surface area (Å²) in [6.45, 7) is 7.06. The molecule has 2 aromatic heterocycles. The number of hydrogen-bond acceptors (Lipinski definition) is 5. The van der Waals surface area contributed by atoms with E-state index >= 15 is 0 Å². The molecule has 2 amide bonds. The maximum atomic E-state index is 12.7. The molecule has 1 N–H and O–H groups in total. The van der Waals surface area contributed by atoms with Gasteiger partial charge in [-0.1, -0.05) is 23.4 Å². The third kappa shape index (κ3) is 4.59. The number of anilines is 1. The number of benzene rings is 1. The molecular formula is C24H29N5O3. The number of nitrogens with one attached hydrogen (secondary N) is 1. The molecule has 0 bridgehead atoms. The fraction of sp³-hybridized carbons (Fsp3) is 0.417. The lowest BCUT2D eigenvalue weighted by atomic mass is 10.0. The van der Waals surface area contributed by atoms with Crippen LogP contribution in [0.1, 0.15) is 58.2 Å². The molecule has 0 radical (unpaired) electrons. The standard InChI is InChI=1S/C24H29N5O3/c1-16-6-4-5-7-20(16)24(31)26-22-10-13-25-29(22)19-11-14-28(15-12-19)23(30)9-8-21-17(2)27-32-18(21)3/h4-7,10,13,19H,8-9,11-12,14-15H2,1-3H3,(H,26,31). The summed E-state index contributed by atoms with van der Waals surface area (Å²) < 4.78 is 7.06. The Hall–Kier alpha value is -3.42. The third-order valence-electron chi connectivity index (χ3n) is 6.23. The van der Waals surface area contributed by atoms with Gasteiger partial charge in [0.25, 0.3) is 5.91 Å². The van der Waals surface area contributed by atoms with Gasteiger partial charge >= 0.3 is 0 Å². The van der Waals surface area contributed by atoms with Crippen LogP contribution in [0.3, 0.4) is 0 Å². The van der Waals surface area contributed by atoms with Crippen molar-refractivity contribution in [1.29, 1.82) is 0 Å². The Morgan fingerprint density at radius 2 is 1.88 bits per heavy atom. The highest BCUT2D eigenvalue weighted by molar-refractivity contribution is 6.04. The van der Waals surface area contributed by atoms with Crippen molar-refractivity contribution < 1.29 is 14.1 Å². The molecule has 1 aliphatic heterocycles. The number of amides is 2. The number of nitrogens with zero attached hydrogens (tertiary/aromatic N) is 4. The third-order valence-corrected chi connectivity index (χ3v) is 6.23. The number of likely N-dealkylation sites (tertiary alicyclic amines) is 1. The highest BCUT2D eigenvalue weighted by Gasteiger charge is 2.26. The van der Waals surface area contributed by atoms with Crippen molar-refractivity contribution >= 4 is 17.6 Å². The zero-order valence-electron chi connectivity index (χ0n) is 18.8. The van der Waals surface area contributed by atoms with Gasteiger partial charge in [-0.2, -0.15) is 5.10 Å². The first kappa shape index (κ1) is 21.8. The van der Waals surface area contributed by atoms with Gasteiger partial charge in [-0.25, -0.2) is 4.68 Å². The van der Waals surface area contributed by atoms with Crippen molar-refractivity contribution in [2.75, 3.05) is 18.4 Å². The fourth-order valence-corrected chi connectivity index (χ4v) is 4.32. The minimum absolute atomic E-state index is 0.142. The number of aryl methyl sites for hydroxylation is 3. The van der Waals surface area contributed by atoms with Crippen LogP contribution in [0.4, 0.5) is 5.82 Å². The SMILES string of the molecule is Cc1ccccc1C(=O)Nc1ccnn1C1CCN(C(=O)CCc2c(C)noc2C)CC1. The lowest BCUT2D eigenvalue weighted by molar-refractivity contribution is -0.132. The predicted molar refractivity (Wildman–Crippen MR) is 121 cm³/mol. The van der Waals surface area contributed by atoms with Gasteiger partial charge in [0, 0.05) is 36.7 Å². The molecule has 0 atom stereocenters. The van der Waals surface area contributed by atoms with E-state index in [9.17, 15) is 9.59 Å². The van der Waals surface area contributed by atoms with E-state index in [1.807, 2.05) is 60.7 Å². The second kappa shape index (κ2) is 9.38. The average Bonchev–Trinajstić information content (AvgIpc) is 3.38. The van der Waals surface area contributed by atoms with Gasteiger partial charge in [0.2, 0.25) is 5.91 Å². The van der Waals surface area contributed by atoms with Crippen LogP contribution in [0.15, 0.2) is 41.1 Å². The van der Waals surface area contributed by atoms with E-state index in [0.29, 0.717) is 37.3 Å². The van der Waals surface area contributed by atoms with E-state index in [-0.39, 0.29) is 17.9 Å². The monoisotopic (exact) mass is 435 g/mol. The first-order chi connectivity index (χ1) is 15.4. The number of piperidine rings is 1. The van der Waals surface area contributed by atoms with E-state index in [1.165, 1.54) is 0 Å². The Morgan fingerprint density at radius 3 is 2.56 bits per heavy atom. The van der Waals surface area contributed by atoms with Crippen LogP contribution in [0.2, 0.25) is 0 Å². The van der Waals surface area contributed by atoms with Crippen LogP contribution in [0.25, 0.3) is 0 Å². The maximum absolute atomic E-state index is 12.7. The molecule has 1 aromatic carbocycles. The molecule has 8 heteroatoms. The van der Waals surface area contributed by atoms with Gasteiger partial charge < -0.3 is 14.7 Å². The van der Waals surface area contributed by atoms with E-state index in [0.717, 1.165) is 35.4 Å². The number of aromatic nitrogens is 3. The summed E-state index contributed by atoms with van der Waals surface area (Å²) >= 11 is 0. The predicted octanol–water partition coefficient (Wildman–Crippen LogP) is 3.84. The summed E-state index contributed by atoms with van der Waals surface area (Å²) in [5.41, 5.74) is 3.46. The molecule has 8 nitrogen and oxygen atoms in total. The molecule has 0 aliphatic carbocycles. The van der Waals surface area contributed by atoms with Crippen LogP contribution < -0.4 is 5.32 Å². The van der Waals surface area contributed by atoms with Gasteiger partial charge in [-0.15, -0.1) is 0 Å². The van der Waals surface area contributed by atoms with E-state index in [4.69, 9.17) is 4.52 Å². The zero-order chi connectivity index (χ0) is 22.7. The van der Waals surface area contributed by atoms with E-state index < -0.39 is 0 Å². The molecule has 0 unspecified atom stereocenters. The van der Waals surface area contributed by atoms with Crippen molar-refractivity contribution in [3.05, 3.63) is 64.7 Å². The normalized spacial score (nSPS) is 14.5. The fourth-order valence-electron chi connectivity index (χ4n) is 4.32. The Bertz CT molecular complexity index is 1090. The molecular weight excluding hydrogens is 406 g/mol. The van der Waals surface area contributed by atoms with Gasteiger partial charge in [0.05, 0.1) is 17.9 Å². The van der Waals surface area contributed by atoms with Gasteiger partial charge in [0.1, 0.15) is 11.6 Å². The average molecular weight is 436 g/mol. The topological polar surface area (TPSA) is 93.3 Å². The van der Waals surface area contributed by atoms with Crippen LogP contribution >= 0.6 is 0 Å². The molecule has 1 aliphatic rings. The molecule has 0 spiro atoms. The number of carbonyl (C=O) groups is 2. The minimum Gasteiger partial charge on any atom is -0.361 e. The number of carbonyl (C=O) groups excluding carboxylic acids is 2. The molecule has 1 fully saturated rings. The van der Waals surface area contributed by atoms with Crippen LogP contribution in [0.5, 0.6) is 0 Å². The molecule has 0 saturated carbocycles. The Labute approximate surface area is 187 Å². The first-order valence-corrected chi connectivity index (χ1v) is 11.0. The number of rotatable bonds is 6. The molecule has 32 heavy (non-hydrogen) atoms. The molecule has 3 heterocycles. The Morgan fingerprint density at radius 1 is 1.12 bits per heavy atom. The van der Waals surface area contributed by atoms with Crippen molar-refractivity contribution in [3.8, 4) is 0 Å². The summed E-state index contributed by atoms with van der Waals surface area (Å²) in [7, 11) is 0. The molecule has 1 saturated heterocycles. The Kier molecular flexibility index (Phi) is 6.39. The highest BCUT2D eigenvalue weighted by atomic mass is 16.5. The summed E-state index contributed by atoms with van der Waals surface area (Å²) in [5, 5.41) is 11.4. The van der Waals surface area contributed by atoms with Gasteiger partial charge in [0.15, 0.2) is 0 Å². The van der Waals surface area contributed by atoms with Crippen molar-refractivity contribution in [1.82, 2.24) is 19.8 Å². The van der Waals surface area contributed by atoms with Crippen LogP contribution in [-0.2, 0) is 11.2 Å². The quantitative estimate of drug-likeness (QED) is 0.635. The maximum Gasteiger partial charge on any atom is 0.257 e. The lowest BCUT2D eigenvalue weighted by Crippen LogP contribution is -2.39. The molecule has 3 aromatic rings. The molecule has 168 valence electrons. The summed E-state index contributed by atoms with van der Waals surface area (Å²) in [6.07, 6.45) is 4.40. The van der Waals surface area contributed by atoms with Gasteiger partial charge in [-0.05, 0) is 51.7 Å². The van der Waals surface area contributed by atoms with Gasteiger partial charge in [-0.3, -0.25) is 9.59 Å². The number of hydrogen-bond donors (Lipinski definition) is 1. The summed E-state index contributed by atoms with van der Waals surface area (Å²) in [5.74, 6) is 1.48. The summed E-state index contributed by atoms with van der Waals surface area (Å²) in [4.78, 5) is 27.3. The smallest absolute Gasteiger partial charge is 0.257 e. The second-order valence-corrected chi connectivity index (χ2v) is 8.34. The molecule has 4 rings (SSSR count). The van der Waals surface area contributed by atoms with Crippen molar-refractivity contribution in [3.63, 3.8) is 0 Å². The van der Waals surface area contributed by atoms with Crippen LogP contribution in [0, 0.1) is 20.8 Å². The lowest BCUT2D eigenvalue weighted by Gasteiger charge is -2.33. The second-order valence-electron chi connectivity index (χ2n) is 8.34. The minimum atomic E-state index is -0.142. The zero-order valence-corrected chi connectivity index (χ0v) is 18.8. The van der Waals surface area contributed by atoms with E-state index in [1.54, 1.807) is 6.20 Å². The Balaban J connectivity index is 1.33. The largest absolute Gasteiger partial charge is 0.361 e. The van der Waals surface area contributed by atoms with E-state index in [2.05, 4.69) is 15.6 Å². The summed E-state index contributed by atoms with van der Waals surface area (Å²) in [6, 6.07) is 9.47. The van der Waals surface area contributed by atoms with Crippen molar-refractivity contribution in [2.24, 2.45) is 0 Å². The first-order valence-electron chi connectivity index (χ1n) is 11.0.